The lowest BCUT2D eigenvalue weighted by molar-refractivity contribution is 0.465. The number of fused-ring (bicyclic) bond motifs is 1. The first-order chi connectivity index (χ1) is 11.2. The zero-order chi connectivity index (χ0) is 15.8. The summed E-state index contributed by atoms with van der Waals surface area (Å²) in [5, 5.41) is 9.08. The minimum atomic E-state index is 0.254. The number of benzene rings is 1. The fraction of sp³-hybridized carbons (Fsp3) is 0.278. The molecular formula is C18H17N5. The van der Waals surface area contributed by atoms with Crippen LogP contribution < -0.4 is 0 Å². The number of nitrogens with zero attached hydrogens (tertiary/aromatic N) is 4. The number of rotatable bonds is 2. The number of hydrogen-bond donors (Lipinski definition) is 1. The van der Waals surface area contributed by atoms with E-state index in [1.165, 1.54) is 0 Å². The molecule has 3 aromatic rings. The summed E-state index contributed by atoms with van der Waals surface area (Å²) in [4.78, 5) is 14.4. The summed E-state index contributed by atoms with van der Waals surface area (Å²) in [5.41, 5.74) is 3.89. The third-order valence-corrected chi connectivity index (χ3v) is 4.57. The van der Waals surface area contributed by atoms with Crippen LogP contribution in [0.25, 0.3) is 22.3 Å². The van der Waals surface area contributed by atoms with Crippen molar-refractivity contribution in [1.29, 1.82) is 5.26 Å². The minimum absolute atomic E-state index is 0.254. The van der Waals surface area contributed by atoms with Crippen LogP contribution in [0.15, 0.2) is 42.6 Å². The Hall–Kier alpha value is -2.87. The highest BCUT2D eigenvalue weighted by atomic mass is 15.2. The van der Waals surface area contributed by atoms with Gasteiger partial charge in [0.05, 0.1) is 0 Å². The highest BCUT2D eigenvalue weighted by Crippen LogP contribution is 2.31. The molecule has 1 N–H and O–H groups in total. The van der Waals surface area contributed by atoms with E-state index in [0.717, 1.165) is 41.2 Å². The quantitative estimate of drug-likeness (QED) is 0.738. The molecule has 0 bridgehead atoms. The predicted octanol–water partition coefficient (Wildman–Crippen LogP) is 3.14. The largest absolute Gasteiger partial charge is 0.326 e. The van der Waals surface area contributed by atoms with Gasteiger partial charge in [0.15, 0.2) is 11.8 Å². The molecule has 1 fully saturated rings. The second kappa shape index (κ2) is 5.40. The Labute approximate surface area is 134 Å². The lowest BCUT2D eigenvalue weighted by Gasteiger charge is -2.09. The SMILES string of the molecule is C[C@H]1CN(C#N)C[C@@H]1c1nc2cc(-c3ccccc3)cnc2[nH]1. The summed E-state index contributed by atoms with van der Waals surface area (Å²) in [6.45, 7) is 3.68. The second-order valence-electron chi connectivity index (χ2n) is 6.17. The van der Waals surface area contributed by atoms with E-state index in [4.69, 9.17) is 10.2 Å². The molecule has 2 atom stereocenters. The van der Waals surface area contributed by atoms with E-state index in [1.807, 2.05) is 24.4 Å². The van der Waals surface area contributed by atoms with Gasteiger partial charge in [-0.05, 0) is 17.5 Å². The number of likely N-dealkylation sites (tertiary alicyclic amines) is 1. The van der Waals surface area contributed by atoms with E-state index in [9.17, 15) is 0 Å². The lowest BCUT2D eigenvalue weighted by atomic mass is 9.98. The molecular weight excluding hydrogens is 286 g/mol. The van der Waals surface area contributed by atoms with Gasteiger partial charge in [0.2, 0.25) is 0 Å². The predicted molar refractivity (Wildman–Crippen MR) is 88.4 cm³/mol. The molecule has 0 amide bonds. The molecule has 1 aliphatic heterocycles. The third-order valence-electron chi connectivity index (χ3n) is 4.57. The van der Waals surface area contributed by atoms with Crippen molar-refractivity contribution in [3.8, 4) is 17.3 Å². The summed E-state index contributed by atoms with van der Waals surface area (Å²) in [5.74, 6) is 1.59. The number of imidazole rings is 1. The Bertz CT molecular complexity index is 877. The first-order valence-electron chi connectivity index (χ1n) is 7.80. The molecule has 23 heavy (non-hydrogen) atoms. The van der Waals surface area contributed by atoms with Gasteiger partial charge in [0, 0.05) is 30.8 Å². The molecule has 5 heteroatoms. The smallest absolute Gasteiger partial charge is 0.179 e. The highest BCUT2D eigenvalue weighted by molar-refractivity contribution is 5.78. The van der Waals surface area contributed by atoms with Crippen LogP contribution in [0.2, 0.25) is 0 Å². The molecule has 1 saturated heterocycles. The summed E-state index contributed by atoms with van der Waals surface area (Å²) in [6.07, 6.45) is 4.11. The van der Waals surface area contributed by atoms with Gasteiger partial charge in [-0.2, -0.15) is 5.26 Å². The van der Waals surface area contributed by atoms with Crippen LogP contribution in [0.3, 0.4) is 0 Å². The minimum Gasteiger partial charge on any atom is -0.326 e. The van der Waals surface area contributed by atoms with Gasteiger partial charge in [0.1, 0.15) is 11.3 Å². The zero-order valence-electron chi connectivity index (χ0n) is 12.9. The Kier molecular flexibility index (Phi) is 3.23. The van der Waals surface area contributed by atoms with Crippen LogP contribution in [0, 0.1) is 17.4 Å². The zero-order valence-corrected chi connectivity index (χ0v) is 12.9. The number of aromatic nitrogens is 3. The van der Waals surface area contributed by atoms with Gasteiger partial charge in [0.25, 0.3) is 0 Å². The lowest BCUT2D eigenvalue weighted by Crippen LogP contribution is -2.13. The van der Waals surface area contributed by atoms with Gasteiger partial charge < -0.3 is 9.88 Å². The summed E-state index contributed by atoms with van der Waals surface area (Å²) >= 11 is 0. The number of hydrogen-bond acceptors (Lipinski definition) is 4. The maximum atomic E-state index is 9.08. The van der Waals surface area contributed by atoms with Crippen molar-refractivity contribution >= 4 is 11.2 Å². The van der Waals surface area contributed by atoms with Crippen molar-refractivity contribution in [1.82, 2.24) is 19.9 Å². The number of H-pyrrole nitrogens is 1. The Morgan fingerprint density at radius 3 is 2.78 bits per heavy atom. The average Bonchev–Trinajstić information content (AvgIpc) is 3.17. The van der Waals surface area contributed by atoms with Crippen molar-refractivity contribution < 1.29 is 0 Å². The number of nitriles is 1. The highest BCUT2D eigenvalue weighted by Gasteiger charge is 2.32. The molecule has 3 heterocycles. The molecule has 5 nitrogen and oxygen atoms in total. The van der Waals surface area contributed by atoms with Crippen molar-refractivity contribution in [2.75, 3.05) is 13.1 Å². The van der Waals surface area contributed by atoms with Crippen LogP contribution in [0.4, 0.5) is 0 Å². The normalized spacial score (nSPS) is 20.8. The summed E-state index contributed by atoms with van der Waals surface area (Å²) in [6, 6.07) is 12.3. The van der Waals surface area contributed by atoms with E-state index in [2.05, 4.69) is 41.3 Å². The first kappa shape index (κ1) is 13.8. The molecule has 2 aromatic heterocycles. The first-order valence-corrected chi connectivity index (χ1v) is 7.80. The van der Waals surface area contributed by atoms with Gasteiger partial charge >= 0.3 is 0 Å². The molecule has 4 rings (SSSR count). The Morgan fingerprint density at radius 2 is 2.04 bits per heavy atom. The Morgan fingerprint density at radius 1 is 1.22 bits per heavy atom. The van der Waals surface area contributed by atoms with E-state index < -0.39 is 0 Å². The standard InChI is InChI=1S/C18H17N5/c1-12-9-23(11-19)10-15(12)17-21-16-7-14(8-20-18(16)22-17)13-5-3-2-4-6-13/h2-8,12,15H,9-10H2,1H3,(H,20,21,22)/t12-,15-/m0/s1. The van der Waals surface area contributed by atoms with Crippen molar-refractivity contribution in [3.63, 3.8) is 0 Å². The van der Waals surface area contributed by atoms with Crippen LogP contribution in [0.1, 0.15) is 18.7 Å². The van der Waals surface area contributed by atoms with Crippen LogP contribution in [-0.2, 0) is 0 Å². The summed E-state index contributed by atoms with van der Waals surface area (Å²) in [7, 11) is 0. The fourth-order valence-electron chi connectivity index (χ4n) is 3.28. The monoisotopic (exact) mass is 303 g/mol. The maximum absolute atomic E-state index is 9.08. The van der Waals surface area contributed by atoms with Gasteiger partial charge in [-0.15, -0.1) is 0 Å². The van der Waals surface area contributed by atoms with Crippen molar-refractivity contribution in [2.45, 2.75) is 12.8 Å². The number of nitrogens with one attached hydrogen (secondary N) is 1. The van der Waals surface area contributed by atoms with E-state index in [-0.39, 0.29) is 5.92 Å². The second-order valence-corrected chi connectivity index (χ2v) is 6.17. The molecule has 1 aromatic carbocycles. The molecule has 0 unspecified atom stereocenters. The van der Waals surface area contributed by atoms with Gasteiger partial charge in [-0.1, -0.05) is 37.3 Å². The maximum Gasteiger partial charge on any atom is 0.179 e. The van der Waals surface area contributed by atoms with Crippen LogP contribution in [-0.4, -0.2) is 32.9 Å². The van der Waals surface area contributed by atoms with Gasteiger partial charge in [-0.3, -0.25) is 0 Å². The molecule has 0 saturated carbocycles. The molecule has 0 spiro atoms. The van der Waals surface area contributed by atoms with Crippen LogP contribution in [0.5, 0.6) is 0 Å². The number of pyridine rings is 1. The topological polar surface area (TPSA) is 68.6 Å². The summed E-state index contributed by atoms with van der Waals surface area (Å²) < 4.78 is 0. The molecule has 1 aliphatic rings. The third kappa shape index (κ3) is 2.42. The Balaban J connectivity index is 1.70. The van der Waals surface area contributed by atoms with E-state index >= 15 is 0 Å². The molecule has 0 radical (unpaired) electrons. The molecule has 114 valence electrons. The van der Waals surface area contributed by atoms with Gasteiger partial charge in [-0.25, -0.2) is 9.97 Å². The fourth-order valence-corrected chi connectivity index (χ4v) is 3.28. The van der Waals surface area contributed by atoms with Crippen molar-refractivity contribution in [2.24, 2.45) is 5.92 Å². The van der Waals surface area contributed by atoms with Crippen molar-refractivity contribution in [3.05, 3.63) is 48.4 Å². The molecule has 0 aliphatic carbocycles. The van der Waals surface area contributed by atoms with Crippen LogP contribution >= 0.6 is 0 Å². The van der Waals surface area contributed by atoms with E-state index in [1.54, 1.807) is 4.90 Å². The van der Waals surface area contributed by atoms with E-state index in [0.29, 0.717) is 5.92 Å². The average molecular weight is 303 g/mol. The number of aromatic amines is 1.